The lowest BCUT2D eigenvalue weighted by Crippen LogP contribution is -2.48. The van der Waals surface area contributed by atoms with E-state index < -0.39 is 9.84 Å². The van der Waals surface area contributed by atoms with Crippen LogP contribution in [0.3, 0.4) is 0 Å². The molecule has 2 amide bonds. The summed E-state index contributed by atoms with van der Waals surface area (Å²) >= 11 is 0. The number of rotatable bonds is 3. The molecule has 1 fully saturated rings. The largest absolute Gasteiger partial charge is 0.338 e. The van der Waals surface area contributed by atoms with Gasteiger partial charge in [-0.1, -0.05) is 17.7 Å². The minimum absolute atomic E-state index is 0.0661. The van der Waals surface area contributed by atoms with Crippen molar-refractivity contribution in [1.82, 2.24) is 10.2 Å². The zero-order valence-electron chi connectivity index (χ0n) is 13.5. The molecule has 1 heterocycles. The van der Waals surface area contributed by atoms with E-state index in [2.05, 4.69) is 38.2 Å². The second-order valence-corrected chi connectivity index (χ2v) is 8.30. The predicted octanol–water partition coefficient (Wildman–Crippen LogP) is 1.59. The number of benzene rings is 1. The zero-order valence-corrected chi connectivity index (χ0v) is 14.3. The molecule has 0 bridgehead atoms. The Labute approximate surface area is 132 Å². The fourth-order valence-corrected chi connectivity index (χ4v) is 4.13. The zero-order chi connectivity index (χ0) is 16.3. The summed E-state index contributed by atoms with van der Waals surface area (Å²) in [6, 6.07) is 4.14. The molecular formula is C16H24N2O3S. The maximum atomic E-state index is 12.0. The Morgan fingerprint density at radius 2 is 1.68 bits per heavy atom. The molecule has 1 aromatic carbocycles. The molecule has 1 aliphatic rings. The van der Waals surface area contributed by atoms with Crippen molar-refractivity contribution in [3.63, 3.8) is 0 Å². The van der Waals surface area contributed by atoms with E-state index in [0.717, 1.165) is 6.42 Å². The Kier molecular flexibility index (Phi) is 5.11. The van der Waals surface area contributed by atoms with Crippen LogP contribution in [0.5, 0.6) is 0 Å². The smallest absolute Gasteiger partial charge is 0.317 e. The summed E-state index contributed by atoms with van der Waals surface area (Å²) in [4.78, 5) is 13.6. The minimum Gasteiger partial charge on any atom is -0.338 e. The summed E-state index contributed by atoms with van der Waals surface area (Å²) in [6.45, 7) is 7.40. The molecule has 0 atom stereocenters. The average Bonchev–Trinajstić information content (AvgIpc) is 2.41. The Balaban J connectivity index is 1.85. The maximum Gasteiger partial charge on any atom is 0.317 e. The summed E-state index contributed by atoms with van der Waals surface area (Å²) < 4.78 is 22.7. The van der Waals surface area contributed by atoms with Gasteiger partial charge < -0.3 is 10.2 Å². The second kappa shape index (κ2) is 6.69. The van der Waals surface area contributed by atoms with Gasteiger partial charge in [0.1, 0.15) is 0 Å². The third-order valence-electron chi connectivity index (χ3n) is 4.12. The van der Waals surface area contributed by atoms with Crippen molar-refractivity contribution in [2.45, 2.75) is 27.2 Å². The number of carbonyl (C=O) groups excluding carboxylic acids is 1. The van der Waals surface area contributed by atoms with Crippen molar-refractivity contribution < 1.29 is 13.2 Å². The van der Waals surface area contributed by atoms with Gasteiger partial charge in [0.05, 0.1) is 11.5 Å². The van der Waals surface area contributed by atoms with Crippen molar-refractivity contribution in [3.8, 4) is 0 Å². The van der Waals surface area contributed by atoms with E-state index >= 15 is 0 Å². The van der Waals surface area contributed by atoms with Crippen LogP contribution in [0.25, 0.3) is 0 Å². The number of nitrogens with zero attached hydrogens (tertiary/aromatic N) is 1. The molecule has 1 saturated heterocycles. The SMILES string of the molecule is Cc1cc(C)c(CCNC(=O)N2CCS(=O)(=O)CC2)c(C)c1. The summed E-state index contributed by atoms with van der Waals surface area (Å²) in [6.07, 6.45) is 0.788. The fraction of sp³-hybridized carbons (Fsp3) is 0.562. The molecule has 1 N–H and O–H groups in total. The highest BCUT2D eigenvalue weighted by Gasteiger charge is 2.24. The predicted molar refractivity (Wildman–Crippen MR) is 88.0 cm³/mol. The number of nitrogens with one attached hydrogen (secondary N) is 1. The Morgan fingerprint density at radius 3 is 2.23 bits per heavy atom. The number of aryl methyl sites for hydroxylation is 3. The number of sulfone groups is 1. The van der Waals surface area contributed by atoms with Crippen LogP contribution >= 0.6 is 0 Å². The molecule has 0 aromatic heterocycles. The van der Waals surface area contributed by atoms with E-state index in [0.29, 0.717) is 6.54 Å². The van der Waals surface area contributed by atoms with Crippen LogP contribution in [0.2, 0.25) is 0 Å². The first-order chi connectivity index (χ1) is 10.3. The first-order valence-corrected chi connectivity index (χ1v) is 9.40. The Morgan fingerprint density at radius 1 is 1.14 bits per heavy atom. The van der Waals surface area contributed by atoms with Gasteiger partial charge in [-0.3, -0.25) is 0 Å². The highest BCUT2D eigenvalue weighted by Crippen LogP contribution is 2.16. The van der Waals surface area contributed by atoms with Gasteiger partial charge in [0.15, 0.2) is 9.84 Å². The van der Waals surface area contributed by atoms with Crippen LogP contribution < -0.4 is 5.32 Å². The van der Waals surface area contributed by atoms with E-state index in [1.807, 2.05) is 0 Å². The van der Waals surface area contributed by atoms with E-state index in [1.54, 1.807) is 4.90 Å². The summed E-state index contributed by atoms with van der Waals surface area (Å²) in [5.74, 6) is 0.132. The number of hydrogen-bond acceptors (Lipinski definition) is 3. The average molecular weight is 324 g/mol. The molecule has 122 valence electrons. The van der Waals surface area contributed by atoms with Crippen LogP contribution in [0, 0.1) is 20.8 Å². The van der Waals surface area contributed by atoms with Crippen molar-refractivity contribution in [2.75, 3.05) is 31.1 Å². The first kappa shape index (κ1) is 16.8. The van der Waals surface area contributed by atoms with Crippen molar-refractivity contribution in [3.05, 3.63) is 34.4 Å². The van der Waals surface area contributed by atoms with Crippen LogP contribution in [-0.2, 0) is 16.3 Å². The molecule has 0 spiro atoms. The second-order valence-electron chi connectivity index (χ2n) is 6.00. The molecule has 5 nitrogen and oxygen atoms in total. The number of carbonyl (C=O) groups is 1. The number of urea groups is 1. The van der Waals surface area contributed by atoms with Crippen LogP contribution in [0.4, 0.5) is 4.79 Å². The van der Waals surface area contributed by atoms with E-state index in [1.165, 1.54) is 22.3 Å². The highest BCUT2D eigenvalue weighted by atomic mass is 32.2. The summed E-state index contributed by atoms with van der Waals surface area (Å²) in [5, 5.41) is 2.89. The maximum absolute atomic E-state index is 12.0. The van der Waals surface area contributed by atoms with Gasteiger partial charge in [0.2, 0.25) is 0 Å². The monoisotopic (exact) mass is 324 g/mol. The van der Waals surface area contributed by atoms with E-state index in [-0.39, 0.29) is 30.6 Å². The number of hydrogen-bond donors (Lipinski definition) is 1. The molecule has 0 radical (unpaired) electrons. The lowest BCUT2D eigenvalue weighted by atomic mass is 9.97. The molecule has 0 unspecified atom stereocenters. The third kappa shape index (κ3) is 4.22. The van der Waals surface area contributed by atoms with Crippen LogP contribution in [0.15, 0.2) is 12.1 Å². The van der Waals surface area contributed by atoms with Crippen molar-refractivity contribution >= 4 is 15.9 Å². The molecule has 0 aliphatic carbocycles. The van der Waals surface area contributed by atoms with Gasteiger partial charge >= 0.3 is 6.03 Å². The summed E-state index contributed by atoms with van der Waals surface area (Å²) in [7, 11) is -2.95. The van der Waals surface area contributed by atoms with Gasteiger partial charge in [-0.05, 0) is 43.9 Å². The van der Waals surface area contributed by atoms with Gasteiger partial charge in [-0.2, -0.15) is 0 Å². The first-order valence-electron chi connectivity index (χ1n) is 7.58. The number of amides is 2. The normalized spacial score (nSPS) is 17.3. The molecule has 22 heavy (non-hydrogen) atoms. The molecule has 1 aliphatic heterocycles. The molecule has 2 rings (SSSR count). The van der Waals surface area contributed by atoms with Gasteiger partial charge in [-0.15, -0.1) is 0 Å². The molecule has 0 saturated carbocycles. The van der Waals surface area contributed by atoms with Gasteiger partial charge in [-0.25, -0.2) is 13.2 Å². The van der Waals surface area contributed by atoms with Crippen molar-refractivity contribution in [2.24, 2.45) is 0 Å². The van der Waals surface area contributed by atoms with E-state index in [4.69, 9.17) is 0 Å². The van der Waals surface area contributed by atoms with Crippen molar-refractivity contribution in [1.29, 1.82) is 0 Å². The summed E-state index contributed by atoms with van der Waals surface area (Å²) in [5.41, 5.74) is 5.01. The van der Waals surface area contributed by atoms with Crippen LogP contribution in [-0.4, -0.2) is 50.5 Å². The third-order valence-corrected chi connectivity index (χ3v) is 5.73. The molecular weight excluding hydrogens is 300 g/mol. The fourth-order valence-electron chi connectivity index (χ4n) is 2.93. The Hall–Kier alpha value is -1.56. The van der Waals surface area contributed by atoms with Crippen LogP contribution in [0.1, 0.15) is 22.3 Å². The quantitative estimate of drug-likeness (QED) is 0.918. The lowest BCUT2D eigenvalue weighted by molar-refractivity contribution is 0.202. The lowest BCUT2D eigenvalue weighted by Gasteiger charge is -2.27. The molecule has 1 aromatic rings. The van der Waals surface area contributed by atoms with Gasteiger partial charge in [0.25, 0.3) is 0 Å². The standard InChI is InChI=1S/C16H24N2O3S/c1-12-10-13(2)15(14(3)11-12)4-5-17-16(19)18-6-8-22(20,21)9-7-18/h10-11H,4-9H2,1-3H3,(H,17,19). The highest BCUT2D eigenvalue weighted by molar-refractivity contribution is 7.91. The minimum atomic E-state index is -2.95. The van der Waals surface area contributed by atoms with E-state index in [9.17, 15) is 13.2 Å². The Bertz CT molecular complexity index is 631. The molecule has 6 heteroatoms. The topological polar surface area (TPSA) is 66.5 Å². The van der Waals surface area contributed by atoms with Gasteiger partial charge in [0, 0.05) is 19.6 Å².